The monoisotopic (exact) mass is 145 g/mol. The average Bonchev–Trinajstić information content (AvgIpc) is 2.38. The lowest BCUT2D eigenvalue weighted by molar-refractivity contribution is 0.233. The second-order valence-electron chi connectivity index (χ2n) is 3.26. The van der Waals surface area contributed by atoms with Crippen molar-refractivity contribution in [2.24, 2.45) is 11.1 Å². The normalized spacial score (nSPS) is 44.7. The molecule has 0 aromatic heterocycles. The van der Waals surface area contributed by atoms with Gasteiger partial charge in [0, 0.05) is 22.5 Å². The highest BCUT2D eigenvalue weighted by molar-refractivity contribution is 8.00. The summed E-state index contributed by atoms with van der Waals surface area (Å²) < 4.78 is 0. The Morgan fingerprint density at radius 2 is 2.22 bits per heavy atom. The highest BCUT2D eigenvalue weighted by Gasteiger charge is 2.67. The number of thioether (sulfide) groups is 1. The summed E-state index contributed by atoms with van der Waals surface area (Å²) in [7, 11) is 0. The van der Waals surface area contributed by atoms with Crippen LogP contribution in [0, 0.1) is 5.41 Å². The average molecular weight is 145 g/mol. The van der Waals surface area contributed by atoms with Gasteiger partial charge in [-0.15, -0.1) is 0 Å². The van der Waals surface area contributed by atoms with Crippen LogP contribution in [0.15, 0.2) is 0 Å². The first kappa shape index (κ1) is 6.01. The van der Waals surface area contributed by atoms with E-state index in [0.717, 1.165) is 6.42 Å². The van der Waals surface area contributed by atoms with E-state index in [1.807, 2.05) is 11.8 Å². The lowest BCUT2D eigenvalue weighted by atomic mass is 10.1. The fourth-order valence-corrected chi connectivity index (χ4v) is 3.00. The molecule has 3 N–H and O–H groups in total. The summed E-state index contributed by atoms with van der Waals surface area (Å²) >= 11 is 1.93. The third-order valence-corrected chi connectivity index (χ3v) is 4.14. The van der Waals surface area contributed by atoms with Gasteiger partial charge in [-0.05, 0) is 6.42 Å². The molecule has 3 heteroatoms. The van der Waals surface area contributed by atoms with Crippen molar-refractivity contribution >= 4 is 11.8 Å². The second-order valence-corrected chi connectivity index (χ2v) is 4.25. The van der Waals surface area contributed by atoms with Gasteiger partial charge in [-0.1, -0.05) is 0 Å². The number of hydrogen-bond donors (Lipinski definition) is 2. The maximum atomic E-state index is 8.83. The number of aliphatic hydroxyl groups excluding tert-OH is 1. The Labute approximate surface area is 58.8 Å². The third-order valence-electron chi connectivity index (χ3n) is 2.62. The smallest absolute Gasteiger partial charge is 0.0617 e. The van der Waals surface area contributed by atoms with Crippen LogP contribution < -0.4 is 5.73 Å². The standard InChI is InChI=1S/C6H11NOS/c7-6(2-8)1-5(6)3-9-4-5/h8H,1-4,7H2. The number of nitrogens with two attached hydrogens (primary N) is 1. The molecule has 1 atom stereocenters. The molecule has 1 saturated heterocycles. The zero-order valence-electron chi connectivity index (χ0n) is 5.26. The van der Waals surface area contributed by atoms with Gasteiger partial charge in [0.05, 0.1) is 6.61 Å². The first-order valence-electron chi connectivity index (χ1n) is 3.20. The molecule has 0 radical (unpaired) electrons. The van der Waals surface area contributed by atoms with Crippen LogP contribution in [0.3, 0.4) is 0 Å². The molecule has 2 rings (SSSR count). The molecule has 1 unspecified atom stereocenters. The van der Waals surface area contributed by atoms with Crippen molar-refractivity contribution in [3.8, 4) is 0 Å². The molecule has 1 spiro atoms. The molecule has 2 nitrogen and oxygen atoms in total. The van der Waals surface area contributed by atoms with Crippen molar-refractivity contribution in [2.75, 3.05) is 18.1 Å². The first-order chi connectivity index (χ1) is 4.22. The van der Waals surface area contributed by atoms with Crippen molar-refractivity contribution in [2.45, 2.75) is 12.0 Å². The van der Waals surface area contributed by atoms with Crippen molar-refractivity contribution in [3.63, 3.8) is 0 Å². The van der Waals surface area contributed by atoms with Crippen LogP contribution in [-0.4, -0.2) is 28.8 Å². The predicted molar refractivity (Wildman–Crippen MR) is 38.4 cm³/mol. The quantitative estimate of drug-likeness (QED) is 0.538. The molecule has 1 heterocycles. The third kappa shape index (κ3) is 0.552. The fourth-order valence-electron chi connectivity index (χ4n) is 1.52. The highest BCUT2D eigenvalue weighted by atomic mass is 32.2. The van der Waals surface area contributed by atoms with Gasteiger partial charge in [0.25, 0.3) is 0 Å². The van der Waals surface area contributed by atoms with E-state index < -0.39 is 0 Å². The van der Waals surface area contributed by atoms with E-state index in [1.165, 1.54) is 11.5 Å². The van der Waals surface area contributed by atoms with Crippen LogP contribution in [0.1, 0.15) is 6.42 Å². The van der Waals surface area contributed by atoms with E-state index in [-0.39, 0.29) is 12.1 Å². The van der Waals surface area contributed by atoms with Crippen LogP contribution in [0.4, 0.5) is 0 Å². The number of aliphatic hydroxyl groups is 1. The molecule has 0 bridgehead atoms. The minimum absolute atomic E-state index is 0.174. The van der Waals surface area contributed by atoms with Crippen LogP contribution >= 0.6 is 11.8 Å². The van der Waals surface area contributed by atoms with Crippen molar-refractivity contribution in [3.05, 3.63) is 0 Å². The molecule has 1 saturated carbocycles. The lowest BCUT2D eigenvalue weighted by Crippen LogP contribution is -2.41. The van der Waals surface area contributed by atoms with E-state index in [9.17, 15) is 0 Å². The zero-order chi connectivity index (χ0) is 6.54. The topological polar surface area (TPSA) is 46.2 Å². The largest absolute Gasteiger partial charge is 0.394 e. The van der Waals surface area contributed by atoms with Crippen molar-refractivity contribution in [1.29, 1.82) is 0 Å². The van der Waals surface area contributed by atoms with E-state index in [0.29, 0.717) is 5.41 Å². The summed E-state index contributed by atoms with van der Waals surface area (Å²) in [6, 6.07) is 0. The predicted octanol–water partition coefficient (Wildman–Crippen LogP) is -0.187. The molecule has 0 aromatic rings. The van der Waals surface area contributed by atoms with Crippen molar-refractivity contribution < 1.29 is 5.11 Å². The van der Waals surface area contributed by atoms with Crippen LogP contribution in [0.2, 0.25) is 0 Å². The van der Waals surface area contributed by atoms with E-state index in [2.05, 4.69) is 0 Å². The molecule has 52 valence electrons. The van der Waals surface area contributed by atoms with Gasteiger partial charge in [0.2, 0.25) is 0 Å². The molecule has 2 aliphatic rings. The minimum Gasteiger partial charge on any atom is -0.394 e. The highest BCUT2D eigenvalue weighted by Crippen LogP contribution is 2.63. The van der Waals surface area contributed by atoms with Gasteiger partial charge in [-0.25, -0.2) is 0 Å². The number of hydrogen-bond acceptors (Lipinski definition) is 3. The summed E-state index contributed by atoms with van der Waals surface area (Å²) in [5.74, 6) is 2.34. The Balaban J connectivity index is 2.06. The molecule has 0 amide bonds. The van der Waals surface area contributed by atoms with Gasteiger partial charge in [-0.3, -0.25) is 0 Å². The van der Waals surface area contributed by atoms with Gasteiger partial charge < -0.3 is 10.8 Å². The fraction of sp³-hybridized carbons (Fsp3) is 1.00. The Hall–Kier alpha value is 0.270. The van der Waals surface area contributed by atoms with E-state index >= 15 is 0 Å². The maximum Gasteiger partial charge on any atom is 0.0617 e. The molecular weight excluding hydrogens is 134 g/mol. The SMILES string of the molecule is NC1(CO)CC12CSC2. The molecule has 0 aromatic carbocycles. The Morgan fingerprint density at radius 3 is 2.33 bits per heavy atom. The maximum absolute atomic E-state index is 8.83. The summed E-state index contributed by atoms with van der Waals surface area (Å²) in [5.41, 5.74) is 6.01. The summed E-state index contributed by atoms with van der Waals surface area (Å²) in [5, 5.41) is 8.83. The Bertz CT molecular complexity index is 138. The molecular formula is C6H11NOS. The molecule has 9 heavy (non-hydrogen) atoms. The molecule has 1 aliphatic carbocycles. The summed E-state index contributed by atoms with van der Waals surface area (Å²) in [6.45, 7) is 0.174. The molecule has 2 fully saturated rings. The van der Waals surface area contributed by atoms with Crippen LogP contribution in [0.25, 0.3) is 0 Å². The molecule has 1 aliphatic heterocycles. The zero-order valence-corrected chi connectivity index (χ0v) is 6.08. The first-order valence-corrected chi connectivity index (χ1v) is 4.35. The number of rotatable bonds is 1. The van der Waals surface area contributed by atoms with Crippen LogP contribution in [0.5, 0.6) is 0 Å². The van der Waals surface area contributed by atoms with Gasteiger partial charge in [-0.2, -0.15) is 11.8 Å². The second kappa shape index (κ2) is 1.47. The Kier molecular flexibility index (Phi) is 0.979. The summed E-state index contributed by atoms with van der Waals surface area (Å²) in [4.78, 5) is 0. The van der Waals surface area contributed by atoms with Gasteiger partial charge in [0.1, 0.15) is 0 Å². The van der Waals surface area contributed by atoms with Gasteiger partial charge >= 0.3 is 0 Å². The van der Waals surface area contributed by atoms with Crippen molar-refractivity contribution in [1.82, 2.24) is 0 Å². The van der Waals surface area contributed by atoms with Crippen LogP contribution in [-0.2, 0) is 0 Å². The lowest BCUT2D eigenvalue weighted by Gasteiger charge is -2.29. The summed E-state index contributed by atoms with van der Waals surface area (Å²) in [6.07, 6.45) is 1.05. The van der Waals surface area contributed by atoms with Gasteiger partial charge in [0.15, 0.2) is 0 Å². The minimum atomic E-state index is -0.182. The van der Waals surface area contributed by atoms with E-state index in [1.54, 1.807) is 0 Å². The Morgan fingerprint density at radius 1 is 1.56 bits per heavy atom. The van der Waals surface area contributed by atoms with E-state index in [4.69, 9.17) is 10.8 Å².